The largest absolute Gasteiger partial charge is 0.385 e. The number of carbonyl (C=O) groups excluding carboxylic acids is 1. The number of fused-ring (bicyclic) bond motifs is 1. The Morgan fingerprint density at radius 2 is 2.00 bits per heavy atom. The van der Waals surface area contributed by atoms with Crippen LogP contribution in [0.1, 0.15) is 40.9 Å². The van der Waals surface area contributed by atoms with Crippen LogP contribution in [0.2, 0.25) is 0 Å². The van der Waals surface area contributed by atoms with Crippen LogP contribution in [0.25, 0.3) is 16.6 Å². The molecule has 0 saturated heterocycles. The molecule has 1 amide bonds. The third kappa shape index (κ3) is 3.62. The predicted molar refractivity (Wildman–Crippen MR) is 117 cm³/mol. The summed E-state index contributed by atoms with van der Waals surface area (Å²) in [5.41, 5.74) is 10.2. The van der Waals surface area contributed by atoms with Gasteiger partial charge in [-0.3, -0.25) is 9.59 Å². The van der Waals surface area contributed by atoms with Gasteiger partial charge in [0.25, 0.3) is 11.5 Å². The molecule has 6 nitrogen and oxygen atoms in total. The van der Waals surface area contributed by atoms with Gasteiger partial charge in [0.15, 0.2) is 0 Å². The number of benzene rings is 1. The molecule has 0 bridgehead atoms. The van der Waals surface area contributed by atoms with E-state index in [9.17, 15) is 9.59 Å². The Labute approximate surface area is 171 Å². The van der Waals surface area contributed by atoms with Gasteiger partial charge in [-0.15, -0.1) is 0 Å². The fourth-order valence-electron chi connectivity index (χ4n) is 3.36. The van der Waals surface area contributed by atoms with Crippen LogP contribution >= 0.6 is 15.9 Å². The van der Waals surface area contributed by atoms with Crippen LogP contribution in [-0.2, 0) is 6.54 Å². The number of hydrogen-bond acceptors (Lipinski definition) is 3. The van der Waals surface area contributed by atoms with Crippen molar-refractivity contribution in [3.63, 3.8) is 0 Å². The van der Waals surface area contributed by atoms with Gasteiger partial charge in [-0.05, 0) is 57.0 Å². The molecule has 2 heterocycles. The number of aryl methyl sites for hydroxylation is 2. The molecule has 7 heteroatoms. The molecule has 0 aliphatic carbocycles. The first kappa shape index (κ1) is 19.9. The van der Waals surface area contributed by atoms with Gasteiger partial charge in [0.1, 0.15) is 5.82 Å². The molecule has 146 valence electrons. The minimum absolute atomic E-state index is 0.127. The highest BCUT2D eigenvalue weighted by Gasteiger charge is 2.18. The van der Waals surface area contributed by atoms with Crippen molar-refractivity contribution in [2.24, 2.45) is 0 Å². The zero-order valence-electron chi connectivity index (χ0n) is 16.3. The predicted octanol–water partition coefficient (Wildman–Crippen LogP) is 4.10. The monoisotopic (exact) mass is 442 g/mol. The maximum Gasteiger partial charge on any atom is 0.254 e. The lowest BCUT2D eigenvalue weighted by Gasteiger charge is -2.11. The number of aromatic amines is 1. The first-order valence-corrected chi connectivity index (χ1v) is 9.73. The van der Waals surface area contributed by atoms with Gasteiger partial charge in [-0.25, -0.2) is 0 Å². The molecular formula is C21H23BrN4O2. The molecule has 3 rings (SSSR count). The zero-order valence-corrected chi connectivity index (χ0v) is 17.9. The lowest BCUT2D eigenvalue weighted by Crippen LogP contribution is -2.28. The number of hydrogen-bond donors (Lipinski definition) is 3. The number of anilines is 1. The number of nitrogens with one attached hydrogen (secondary N) is 2. The van der Waals surface area contributed by atoms with Gasteiger partial charge < -0.3 is 20.6 Å². The maximum atomic E-state index is 13.0. The van der Waals surface area contributed by atoms with Crippen molar-refractivity contribution in [2.45, 2.75) is 34.2 Å². The van der Waals surface area contributed by atoms with Crippen LogP contribution in [0.5, 0.6) is 0 Å². The number of nitrogen functional groups attached to an aromatic ring is 1. The number of pyridine rings is 1. The fourth-order valence-corrected chi connectivity index (χ4v) is 3.81. The summed E-state index contributed by atoms with van der Waals surface area (Å²) in [6.45, 7) is 7.92. The topological polar surface area (TPSA) is 92.9 Å². The number of amides is 1. The lowest BCUT2D eigenvalue weighted by atomic mass is 10.1. The summed E-state index contributed by atoms with van der Waals surface area (Å²) >= 11 is 3.51. The Hall–Kier alpha value is -2.80. The second kappa shape index (κ2) is 7.67. The van der Waals surface area contributed by atoms with Crippen molar-refractivity contribution in [1.29, 1.82) is 0 Å². The molecule has 28 heavy (non-hydrogen) atoms. The summed E-state index contributed by atoms with van der Waals surface area (Å²) in [6, 6.07) is 5.49. The van der Waals surface area contributed by atoms with Gasteiger partial charge in [0.05, 0.1) is 11.1 Å². The first-order chi connectivity index (χ1) is 13.2. The van der Waals surface area contributed by atoms with Crippen LogP contribution in [0.15, 0.2) is 39.7 Å². The van der Waals surface area contributed by atoms with Gasteiger partial charge in [0, 0.05) is 33.9 Å². The number of rotatable bonds is 4. The van der Waals surface area contributed by atoms with E-state index in [1.165, 1.54) is 0 Å². The molecule has 0 fully saturated rings. The van der Waals surface area contributed by atoms with E-state index in [0.717, 1.165) is 32.2 Å². The average molecular weight is 443 g/mol. The van der Waals surface area contributed by atoms with Crippen molar-refractivity contribution in [3.8, 4) is 0 Å². The Kier molecular flexibility index (Phi) is 5.47. The van der Waals surface area contributed by atoms with E-state index in [1.807, 2.05) is 39.1 Å². The molecule has 0 aliphatic heterocycles. The first-order valence-electron chi connectivity index (χ1n) is 8.94. The number of halogens is 1. The van der Waals surface area contributed by atoms with Crippen LogP contribution < -0.4 is 16.6 Å². The maximum absolute atomic E-state index is 13.0. The number of nitrogens with zero attached hydrogens (tertiary/aromatic N) is 1. The summed E-state index contributed by atoms with van der Waals surface area (Å²) in [4.78, 5) is 27.7. The number of aromatic nitrogens is 2. The Bertz CT molecular complexity index is 1170. The highest BCUT2D eigenvalue weighted by molar-refractivity contribution is 9.10. The van der Waals surface area contributed by atoms with Crippen molar-refractivity contribution >= 4 is 44.3 Å². The summed E-state index contributed by atoms with van der Waals surface area (Å²) in [5, 5.41) is 3.76. The molecule has 4 N–H and O–H groups in total. The summed E-state index contributed by atoms with van der Waals surface area (Å²) in [7, 11) is 0. The van der Waals surface area contributed by atoms with Crippen molar-refractivity contribution in [3.05, 3.63) is 67.6 Å². The molecule has 0 aliphatic rings. The highest BCUT2D eigenvalue weighted by Crippen LogP contribution is 2.30. The SMILES string of the molecule is C/C=C(/C)n1cc(C)c2c(C(=O)NCc3c(C)cc(N)[nH]c3=O)cc(Br)cc21. The second-order valence-corrected chi connectivity index (χ2v) is 7.77. The van der Waals surface area contributed by atoms with Crippen LogP contribution in [0.3, 0.4) is 0 Å². The van der Waals surface area contributed by atoms with Crippen LogP contribution in [-0.4, -0.2) is 15.5 Å². The van der Waals surface area contributed by atoms with E-state index in [-0.39, 0.29) is 18.0 Å². The number of carbonyl (C=O) groups is 1. The molecule has 1 aromatic carbocycles. The minimum Gasteiger partial charge on any atom is -0.385 e. The van der Waals surface area contributed by atoms with E-state index < -0.39 is 0 Å². The van der Waals surface area contributed by atoms with Gasteiger partial charge in [0.2, 0.25) is 0 Å². The minimum atomic E-state index is -0.289. The number of nitrogens with two attached hydrogens (primary N) is 1. The average Bonchev–Trinajstić information content (AvgIpc) is 2.95. The molecule has 0 saturated carbocycles. The second-order valence-electron chi connectivity index (χ2n) is 6.86. The van der Waals surface area contributed by atoms with Crippen LogP contribution in [0.4, 0.5) is 5.82 Å². The normalized spacial score (nSPS) is 11.8. The van der Waals surface area contributed by atoms with Crippen molar-refractivity contribution in [2.75, 3.05) is 5.73 Å². The highest BCUT2D eigenvalue weighted by atomic mass is 79.9. The zero-order chi connectivity index (χ0) is 20.6. The summed E-state index contributed by atoms with van der Waals surface area (Å²) in [6.07, 6.45) is 4.05. The molecule has 2 aromatic heterocycles. The smallest absolute Gasteiger partial charge is 0.254 e. The Morgan fingerprint density at radius 3 is 2.64 bits per heavy atom. The molecule has 0 radical (unpaired) electrons. The molecule has 3 aromatic rings. The summed E-state index contributed by atoms with van der Waals surface area (Å²) < 4.78 is 2.89. The molecule has 0 spiro atoms. The molecule has 0 unspecified atom stereocenters. The van der Waals surface area contributed by atoms with E-state index >= 15 is 0 Å². The third-order valence-electron chi connectivity index (χ3n) is 4.91. The summed E-state index contributed by atoms with van der Waals surface area (Å²) in [5.74, 6) is 0.0727. The van der Waals surface area contributed by atoms with Gasteiger partial charge in [-0.1, -0.05) is 22.0 Å². The van der Waals surface area contributed by atoms with E-state index in [1.54, 1.807) is 19.1 Å². The number of allylic oxidation sites excluding steroid dienone is 2. The quantitative estimate of drug-likeness (QED) is 0.567. The fraction of sp³-hybridized carbons (Fsp3) is 0.238. The Morgan fingerprint density at radius 1 is 1.29 bits per heavy atom. The van der Waals surface area contributed by atoms with Crippen molar-refractivity contribution in [1.82, 2.24) is 14.9 Å². The third-order valence-corrected chi connectivity index (χ3v) is 5.36. The van der Waals surface area contributed by atoms with E-state index in [2.05, 4.69) is 30.8 Å². The van der Waals surface area contributed by atoms with Crippen LogP contribution in [0, 0.1) is 13.8 Å². The molecule has 0 atom stereocenters. The number of H-pyrrole nitrogens is 1. The Balaban J connectivity index is 2.01. The molecular weight excluding hydrogens is 420 g/mol. The lowest BCUT2D eigenvalue weighted by molar-refractivity contribution is 0.0952. The van der Waals surface area contributed by atoms with Gasteiger partial charge in [-0.2, -0.15) is 0 Å². The van der Waals surface area contributed by atoms with Crippen molar-refractivity contribution < 1.29 is 4.79 Å². The van der Waals surface area contributed by atoms with E-state index in [4.69, 9.17) is 5.73 Å². The standard InChI is InChI=1S/C21H23BrN4O2/c1-5-13(4)26-10-12(3)19-15(7-14(22)8-17(19)26)20(27)24-9-16-11(2)6-18(23)25-21(16)28/h5-8,10H,9H2,1-4H3,(H,24,27)(H3,23,25,28)/b13-5-. The van der Waals surface area contributed by atoms with Gasteiger partial charge >= 0.3 is 0 Å². The van der Waals surface area contributed by atoms with E-state index in [0.29, 0.717) is 16.9 Å².